The number of piperidine rings is 2. The molecule has 3 fully saturated rings. The van der Waals surface area contributed by atoms with Crippen LogP contribution in [0, 0.1) is 11.3 Å². The third-order valence-corrected chi connectivity index (χ3v) is 5.82. The number of nitrogens with two attached hydrogens (primary N) is 1. The van der Waals surface area contributed by atoms with E-state index in [1.165, 1.54) is 19.3 Å². The van der Waals surface area contributed by atoms with E-state index in [1.54, 1.807) is 7.11 Å². The summed E-state index contributed by atoms with van der Waals surface area (Å²) < 4.78 is 5.23. The maximum atomic E-state index is 12.3. The van der Waals surface area contributed by atoms with Crippen molar-refractivity contribution in [3.63, 3.8) is 0 Å². The number of rotatable bonds is 4. The molecule has 7 nitrogen and oxygen atoms in total. The van der Waals surface area contributed by atoms with Crippen molar-refractivity contribution in [2.75, 3.05) is 43.9 Å². The van der Waals surface area contributed by atoms with Gasteiger partial charge in [0.15, 0.2) is 0 Å². The zero-order valence-corrected chi connectivity index (χ0v) is 14.9. The molecule has 3 heterocycles. The summed E-state index contributed by atoms with van der Waals surface area (Å²) in [4.78, 5) is 25.2. The Balaban J connectivity index is 1.51. The average molecular weight is 345 g/mol. The molecule has 2 N–H and O–H groups in total. The van der Waals surface area contributed by atoms with E-state index < -0.39 is 0 Å². The molecule has 1 amide bonds. The third-order valence-electron chi connectivity index (χ3n) is 5.82. The molecule has 1 aromatic rings. The Bertz CT molecular complexity index is 663. The Kier molecular flexibility index (Phi) is 4.17. The summed E-state index contributed by atoms with van der Waals surface area (Å²) in [5.74, 6) is 2.64. The monoisotopic (exact) mass is 345 g/mol. The molecule has 0 bridgehead atoms. The van der Waals surface area contributed by atoms with Gasteiger partial charge in [0.05, 0.1) is 7.11 Å². The highest BCUT2D eigenvalue weighted by atomic mass is 16.5. The van der Waals surface area contributed by atoms with E-state index in [0.29, 0.717) is 18.2 Å². The van der Waals surface area contributed by atoms with E-state index in [-0.39, 0.29) is 11.4 Å². The largest absolute Gasteiger partial charge is 0.481 e. The molecule has 1 aliphatic carbocycles. The van der Waals surface area contributed by atoms with Crippen molar-refractivity contribution >= 4 is 17.7 Å². The maximum absolute atomic E-state index is 12.3. The van der Waals surface area contributed by atoms with Gasteiger partial charge in [-0.2, -0.15) is 9.97 Å². The molecular weight excluding hydrogens is 318 g/mol. The van der Waals surface area contributed by atoms with Crippen LogP contribution in [0.15, 0.2) is 6.07 Å². The third kappa shape index (κ3) is 3.50. The fraction of sp³-hybridized carbons (Fsp3) is 0.722. The van der Waals surface area contributed by atoms with E-state index in [9.17, 15) is 4.79 Å². The van der Waals surface area contributed by atoms with Gasteiger partial charge in [-0.1, -0.05) is 0 Å². The highest BCUT2D eigenvalue weighted by Gasteiger charge is 2.43. The summed E-state index contributed by atoms with van der Waals surface area (Å²) in [6.07, 6.45) is 6.50. The van der Waals surface area contributed by atoms with Crippen molar-refractivity contribution in [2.45, 2.75) is 38.5 Å². The number of nitrogen functional groups attached to an aromatic ring is 1. The number of amides is 1. The minimum Gasteiger partial charge on any atom is -0.481 e. The van der Waals surface area contributed by atoms with Crippen molar-refractivity contribution in [3.8, 4) is 5.88 Å². The maximum Gasteiger partial charge on any atom is 0.225 e. The van der Waals surface area contributed by atoms with Gasteiger partial charge in [0.2, 0.25) is 17.7 Å². The SMILES string of the molecule is COc1cc(N2CCCC3(CCC(=O)N(CC4CC4)C3)C2)nc(N)n1. The van der Waals surface area contributed by atoms with Gasteiger partial charge in [-0.3, -0.25) is 4.79 Å². The highest BCUT2D eigenvalue weighted by Crippen LogP contribution is 2.41. The van der Waals surface area contributed by atoms with Gasteiger partial charge in [-0.25, -0.2) is 0 Å². The number of ether oxygens (including phenoxy) is 1. The van der Waals surface area contributed by atoms with Crippen molar-refractivity contribution in [2.24, 2.45) is 11.3 Å². The van der Waals surface area contributed by atoms with E-state index in [0.717, 1.165) is 50.8 Å². The van der Waals surface area contributed by atoms with Gasteiger partial charge in [0, 0.05) is 44.1 Å². The molecule has 3 aliphatic rings. The van der Waals surface area contributed by atoms with Crippen LogP contribution in [0.25, 0.3) is 0 Å². The smallest absolute Gasteiger partial charge is 0.225 e. The van der Waals surface area contributed by atoms with Crippen LogP contribution in [-0.4, -0.2) is 54.1 Å². The zero-order valence-electron chi connectivity index (χ0n) is 14.9. The molecule has 2 aliphatic heterocycles. The second kappa shape index (κ2) is 6.35. The molecule has 1 atom stereocenters. The van der Waals surface area contributed by atoms with Gasteiger partial charge < -0.3 is 20.3 Å². The number of anilines is 2. The number of carbonyl (C=O) groups is 1. The van der Waals surface area contributed by atoms with Crippen LogP contribution in [0.4, 0.5) is 11.8 Å². The Hall–Kier alpha value is -2.05. The Morgan fingerprint density at radius 1 is 1.32 bits per heavy atom. The van der Waals surface area contributed by atoms with Gasteiger partial charge in [0.1, 0.15) is 5.82 Å². The number of nitrogens with zero attached hydrogens (tertiary/aromatic N) is 4. The first-order valence-electron chi connectivity index (χ1n) is 9.28. The van der Waals surface area contributed by atoms with Crippen molar-refractivity contribution < 1.29 is 9.53 Å². The number of methoxy groups -OCH3 is 1. The average Bonchev–Trinajstić information content (AvgIpc) is 3.42. The minimum atomic E-state index is 0.175. The number of carbonyl (C=O) groups excluding carboxylic acids is 1. The van der Waals surface area contributed by atoms with Crippen molar-refractivity contribution in [1.29, 1.82) is 0 Å². The summed E-state index contributed by atoms with van der Waals surface area (Å²) in [6.45, 7) is 3.71. The molecule has 136 valence electrons. The second-order valence-corrected chi connectivity index (χ2v) is 7.87. The lowest BCUT2D eigenvalue weighted by Crippen LogP contribution is -2.54. The first-order chi connectivity index (χ1) is 12.1. The van der Waals surface area contributed by atoms with Crippen LogP contribution >= 0.6 is 0 Å². The predicted octanol–water partition coefficient (Wildman–Crippen LogP) is 1.69. The first-order valence-corrected chi connectivity index (χ1v) is 9.28. The lowest BCUT2D eigenvalue weighted by atomic mass is 9.73. The van der Waals surface area contributed by atoms with Crippen molar-refractivity contribution in [3.05, 3.63) is 6.07 Å². The lowest BCUT2D eigenvalue weighted by Gasteiger charge is -2.48. The van der Waals surface area contributed by atoms with E-state index >= 15 is 0 Å². The van der Waals surface area contributed by atoms with Crippen molar-refractivity contribution in [1.82, 2.24) is 14.9 Å². The Labute approximate surface area is 148 Å². The normalized spacial score (nSPS) is 27.0. The molecule has 1 spiro atoms. The first kappa shape index (κ1) is 16.4. The Morgan fingerprint density at radius 3 is 2.92 bits per heavy atom. The summed E-state index contributed by atoms with van der Waals surface area (Å²) in [7, 11) is 1.59. The zero-order chi connectivity index (χ0) is 17.4. The van der Waals surface area contributed by atoms with Gasteiger partial charge in [-0.15, -0.1) is 0 Å². The number of hydrogen-bond donors (Lipinski definition) is 1. The topological polar surface area (TPSA) is 84.6 Å². The molecule has 7 heteroatoms. The van der Waals surface area contributed by atoms with E-state index in [2.05, 4.69) is 19.8 Å². The summed E-state index contributed by atoms with van der Waals surface area (Å²) in [5, 5.41) is 0. The van der Waals surface area contributed by atoms with Gasteiger partial charge in [-0.05, 0) is 38.0 Å². The molecule has 2 saturated heterocycles. The van der Waals surface area contributed by atoms with Crippen LogP contribution in [0.2, 0.25) is 0 Å². The molecule has 25 heavy (non-hydrogen) atoms. The summed E-state index contributed by atoms with van der Waals surface area (Å²) in [6, 6.07) is 1.85. The molecule has 0 radical (unpaired) electrons. The number of hydrogen-bond acceptors (Lipinski definition) is 6. The summed E-state index contributed by atoms with van der Waals surface area (Å²) >= 11 is 0. The quantitative estimate of drug-likeness (QED) is 0.894. The molecule has 1 aromatic heterocycles. The fourth-order valence-corrected chi connectivity index (χ4v) is 4.31. The lowest BCUT2D eigenvalue weighted by molar-refractivity contribution is -0.138. The van der Waals surface area contributed by atoms with Crippen LogP contribution in [0.5, 0.6) is 5.88 Å². The molecule has 1 saturated carbocycles. The fourth-order valence-electron chi connectivity index (χ4n) is 4.31. The van der Waals surface area contributed by atoms with Crippen LogP contribution < -0.4 is 15.4 Å². The number of likely N-dealkylation sites (tertiary alicyclic amines) is 1. The summed E-state index contributed by atoms with van der Waals surface area (Å²) in [5.41, 5.74) is 6.01. The Morgan fingerprint density at radius 2 is 2.16 bits per heavy atom. The van der Waals surface area contributed by atoms with Crippen LogP contribution in [0.1, 0.15) is 38.5 Å². The standard InChI is InChI=1S/C18H27N5O2/c1-25-15-9-14(20-17(19)21-15)22-8-2-6-18(11-22)7-5-16(24)23(12-18)10-13-3-4-13/h9,13H,2-8,10-12H2,1H3,(H2,19,20,21). The molecule has 1 unspecified atom stereocenters. The van der Waals surface area contributed by atoms with Crippen LogP contribution in [0.3, 0.4) is 0 Å². The van der Waals surface area contributed by atoms with Gasteiger partial charge in [0.25, 0.3) is 0 Å². The van der Waals surface area contributed by atoms with Gasteiger partial charge >= 0.3 is 0 Å². The second-order valence-electron chi connectivity index (χ2n) is 7.87. The van der Waals surface area contributed by atoms with E-state index in [4.69, 9.17) is 10.5 Å². The molecule has 0 aromatic carbocycles. The predicted molar refractivity (Wildman–Crippen MR) is 95.4 cm³/mol. The number of aromatic nitrogens is 2. The highest BCUT2D eigenvalue weighted by molar-refractivity contribution is 5.77. The van der Waals surface area contributed by atoms with Crippen LogP contribution in [-0.2, 0) is 4.79 Å². The van der Waals surface area contributed by atoms with E-state index in [1.807, 2.05) is 6.07 Å². The molecule has 4 rings (SSSR count). The minimum absolute atomic E-state index is 0.175. The molecular formula is C18H27N5O2.